The first-order valence-electron chi connectivity index (χ1n) is 2.70. The molecule has 0 unspecified atom stereocenters. The van der Waals surface area contributed by atoms with Gasteiger partial charge in [-0.25, -0.2) is 0 Å². The molecule has 0 amide bonds. The molecular formula is C6HF3O3. The molecule has 0 saturated heterocycles. The number of hydrogen-bond donors (Lipinski definition) is 1. The highest BCUT2D eigenvalue weighted by Crippen LogP contribution is 2.26. The molecule has 0 spiro atoms. The summed E-state index contributed by atoms with van der Waals surface area (Å²) in [6.07, 6.45) is 0. The van der Waals surface area contributed by atoms with Crippen LogP contribution in [-0.2, 0) is 9.59 Å². The van der Waals surface area contributed by atoms with Gasteiger partial charge in [-0.15, -0.1) is 0 Å². The third-order valence-corrected chi connectivity index (χ3v) is 1.21. The van der Waals surface area contributed by atoms with Crippen molar-refractivity contribution in [3.05, 3.63) is 23.2 Å². The zero-order chi connectivity index (χ0) is 9.46. The van der Waals surface area contributed by atoms with Gasteiger partial charge in [0.2, 0.25) is 17.5 Å². The van der Waals surface area contributed by atoms with Crippen LogP contribution < -0.4 is 0 Å². The molecule has 0 aromatic rings. The molecule has 0 saturated carbocycles. The fourth-order valence-electron chi connectivity index (χ4n) is 0.607. The molecule has 0 aromatic carbocycles. The highest BCUT2D eigenvalue weighted by atomic mass is 19.2. The van der Waals surface area contributed by atoms with E-state index in [1.54, 1.807) is 0 Å². The van der Waals surface area contributed by atoms with Crippen molar-refractivity contribution in [2.75, 3.05) is 0 Å². The van der Waals surface area contributed by atoms with E-state index in [0.717, 1.165) is 0 Å². The molecule has 0 heterocycles. The van der Waals surface area contributed by atoms with Gasteiger partial charge in [-0.1, -0.05) is 0 Å². The summed E-state index contributed by atoms with van der Waals surface area (Å²) in [7, 11) is 0. The van der Waals surface area contributed by atoms with Gasteiger partial charge in [-0.3, -0.25) is 9.59 Å². The number of carbonyl (C=O) groups is 2. The number of halogens is 3. The highest BCUT2D eigenvalue weighted by Gasteiger charge is 2.36. The molecule has 0 fully saturated rings. The Bertz CT molecular complexity index is 291. The molecule has 0 bridgehead atoms. The number of ketones is 2. The van der Waals surface area contributed by atoms with Crippen LogP contribution in [0, 0.1) is 0 Å². The molecule has 1 aliphatic carbocycles. The first-order valence-corrected chi connectivity index (χ1v) is 2.70. The lowest BCUT2D eigenvalue weighted by Gasteiger charge is -2.05. The van der Waals surface area contributed by atoms with Gasteiger partial charge in [-0.05, 0) is 0 Å². The summed E-state index contributed by atoms with van der Waals surface area (Å²) in [4.78, 5) is 20.6. The Labute approximate surface area is 63.8 Å². The van der Waals surface area contributed by atoms with Crippen LogP contribution in [0.4, 0.5) is 13.2 Å². The third-order valence-electron chi connectivity index (χ3n) is 1.21. The van der Waals surface area contributed by atoms with Crippen molar-refractivity contribution in [1.82, 2.24) is 0 Å². The van der Waals surface area contributed by atoms with Gasteiger partial charge in [0.25, 0.3) is 11.6 Å². The number of rotatable bonds is 0. The van der Waals surface area contributed by atoms with E-state index in [9.17, 15) is 22.8 Å². The van der Waals surface area contributed by atoms with Gasteiger partial charge in [0.05, 0.1) is 0 Å². The number of allylic oxidation sites excluding steroid dienone is 3. The second-order valence-electron chi connectivity index (χ2n) is 1.95. The number of Topliss-reactive ketones (excluding diaryl/α,β-unsaturated/α-hetero) is 2. The van der Waals surface area contributed by atoms with E-state index in [4.69, 9.17) is 5.11 Å². The second-order valence-corrected chi connectivity index (χ2v) is 1.95. The van der Waals surface area contributed by atoms with Gasteiger partial charge in [-0.2, -0.15) is 13.2 Å². The van der Waals surface area contributed by atoms with Crippen LogP contribution in [0.1, 0.15) is 0 Å². The van der Waals surface area contributed by atoms with E-state index in [-0.39, 0.29) is 0 Å². The molecular weight excluding hydrogens is 177 g/mol. The molecule has 12 heavy (non-hydrogen) atoms. The molecule has 64 valence electrons. The summed E-state index contributed by atoms with van der Waals surface area (Å²) >= 11 is 0. The molecule has 3 nitrogen and oxygen atoms in total. The number of carbonyl (C=O) groups excluding carboxylic acids is 2. The maximum Gasteiger partial charge on any atom is 0.268 e. The van der Waals surface area contributed by atoms with Crippen LogP contribution in [0.3, 0.4) is 0 Å². The third kappa shape index (κ3) is 0.919. The molecule has 1 N–H and O–H groups in total. The van der Waals surface area contributed by atoms with Gasteiger partial charge in [0.15, 0.2) is 5.76 Å². The minimum atomic E-state index is -2.07. The van der Waals surface area contributed by atoms with Crippen LogP contribution >= 0.6 is 0 Å². The molecule has 1 rings (SSSR count). The van der Waals surface area contributed by atoms with E-state index in [1.807, 2.05) is 0 Å². The van der Waals surface area contributed by atoms with Crippen molar-refractivity contribution in [1.29, 1.82) is 0 Å². The molecule has 0 radical (unpaired) electrons. The monoisotopic (exact) mass is 178 g/mol. The predicted octanol–water partition coefficient (Wildman–Crippen LogP) is 1.03. The Morgan fingerprint density at radius 3 is 1.75 bits per heavy atom. The highest BCUT2D eigenvalue weighted by molar-refractivity contribution is 6.49. The quantitative estimate of drug-likeness (QED) is 0.445. The van der Waals surface area contributed by atoms with Crippen LogP contribution in [0.25, 0.3) is 0 Å². The van der Waals surface area contributed by atoms with E-state index in [1.165, 1.54) is 0 Å². The van der Waals surface area contributed by atoms with E-state index >= 15 is 0 Å². The minimum Gasteiger partial charge on any atom is -0.503 e. The lowest BCUT2D eigenvalue weighted by molar-refractivity contribution is -0.134. The molecule has 6 heteroatoms. The van der Waals surface area contributed by atoms with Crippen LogP contribution in [0.2, 0.25) is 0 Å². The van der Waals surface area contributed by atoms with E-state index in [2.05, 4.69) is 0 Å². The fourth-order valence-corrected chi connectivity index (χ4v) is 0.607. The SMILES string of the molecule is O=C1C(=O)C(F)=C(F)C(O)=C1F. The fraction of sp³-hybridized carbons (Fsp3) is 0. The van der Waals surface area contributed by atoms with E-state index < -0.39 is 34.8 Å². The first-order chi connectivity index (χ1) is 5.46. The normalized spacial score (nSPS) is 19.2. The van der Waals surface area contributed by atoms with E-state index in [0.29, 0.717) is 0 Å². The van der Waals surface area contributed by atoms with Crippen molar-refractivity contribution in [3.63, 3.8) is 0 Å². The van der Waals surface area contributed by atoms with Crippen molar-refractivity contribution in [2.45, 2.75) is 0 Å². The maximum absolute atomic E-state index is 12.3. The van der Waals surface area contributed by atoms with Crippen molar-refractivity contribution < 1.29 is 27.9 Å². The zero-order valence-electron chi connectivity index (χ0n) is 5.40. The summed E-state index contributed by atoms with van der Waals surface area (Å²) < 4.78 is 36.7. The number of hydrogen-bond acceptors (Lipinski definition) is 3. The van der Waals surface area contributed by atoms with Crippen molar-refractivity contribution in [3.8, 4) is 0 Å². The summed E-state index contributed by atoms with van der Waals surface area (Å²) in [6.45, 7) is 0. The van der Waals surface area contributed by atoms with Crippen molar-refractivity contribution in [2.24, 2.45) is 0 Å². The summed E-state index contributed by atoms with van der Waals surface area (Å²) in [5, 5.41) is 8.36. The lowest BCUT2D eigenvalue weighted by Crippen LogP contribution is -2.21. The number of aliphatic hydroxyl groups is 1. The van der Waals surface area contributed by atoms with Crippen molar-refractivity contribution >= 4 is 11.6 Å². The second kappa shape index (κ2) is 2.47. The number of aliphatic hydroxyl groups excluding tert-OH is 1. The smallest absolute Gasteiger partial charge is 0.268 e. The first kappa shape index (κ1) is 8.51. The zero-order valence-corrected chi connectivity index (χ0v) is 5.40. The molecule has 0 aromatic heterocycles. The Balaban J connectivity index is 3.37. The Morgan fingerprint density at radius 1 is 0.833 bits per heavy atom. The van der Waals surface area contributed by atoms with Gasteiger partial charge in [0, 0.05) is 0 Å². The Kier molecular flexibility index (Phi) is 1.75. The summed E-state index contributed by atoms with van der Waals surface area (Å²) in [5.41, 5.74) is 0. The van der Waals surface area contributed by atoms with Crippen LogP contribution in [-0.4, -0.2) is 16.7 Å². The largest absolute Gasteiger partial charge is 0.503 e. The molecule has 0 aliphatic heterocycles. The predicted molar refractivity (Wildman–Crippen MR) is 30.0 cm³/mol. The average Bonchev–Trinajstić information content (AvgIpc) is 2.08. The molecule has 0 atom stereocenters. The van der Waals surface area contributed by atoms with Gasteiger partial charge < -0.3 is 5.11 Å². The summed E-state index contributed by atoms with van der Waals surface area (Å²) in [6, 6.07) is 0. The Morgan fingerprint density at radius 2 is 1.25 bits per heavy atom. The molecule has 1 aliphatic rings. The maximum atomic E-state index is 12.3. The topological polar surface area (TPSA) is 54.4 Å². The van der Waals surface area contributed by atoms with Gasteiger partial charge >= 0.3 is 0 Å². The van der Waals surface area contributed by atoms with Gasteiger partial charge in [0.1, 0.15) is 0 Å². The summed E-state index contributed by atoms with van der Waals surface area (Å²) in [5.74, 6) is -11.7. The average molecular weight is 178 g/mol. The van der Waals surface area contributed by atoms with Crippen LogP contribution in [0.15, 0.2) is 23.2 Å². The standard InChI is InChI=1S/C6HF3O3/c7-1-2(8)5(11)6(12)3(9)4(1)10/h10H. The lowest BCUT2D eigenvalue weighted by atomic mass is 10.1. The Hall–Kier alpha value is -1.59. The van der Waals surface area contributed by atoms with Crippen LogP contribution in [0.5, 0.6) is 0 Å². The minimum absolute atomic E-state index is 1.77.